The normalized spacial score (nSPS) is 18.9. The summed E-state index contributed by atoms with van der Waals surface area (Å²) >= 11 is 6.02. The number of nitrogens with one attached hydrogen (secondary N) is 1. The van der Waals surface area contributed by atoms with Gasteiger partial charge in [-0.15, -0.1) is 0 Å². The van der Waals surface area contributed by atoms with E-state index in [4.69, 9.17) is 25.8 Å². The fraction of sp³-hybridized carbons (Fsp3) is 0.200. The van der Waals surface area contributed by atoms with Crippen LogP contribution in [-0.4, -0.2) is 13.4 Å². The lowest BCUT2D eigenvalue weighted by Gasteiger charge is -2.28. The van der Waals surface area contributed by atoms with Gasteiger partial charge in [-0.25, -0.2) is 0 Å². The molecule has 102 valence electrons. The van der Waals surface area contributed by atoms with Crippen LogP contribution in [0.4, 0.5) is 5.69 Å². The van der Waals surface area contributed by atoms with E-state index in [9.17, 15) is 0 Å². The Hall–Kier alpha value is -2.07. The average molecular weight is 290 g/mol. The van der Waals surface area contributed by atoms with E-state index >= 15 is 0 Å². The minimum Gasteiger partial charge on any atom is -0.489 e. The molecule has 0 amide bonds. The maximum absolute atomic E-state index is 6.02. The van der Waals surface area contributed by atoms with Crippen molar-refractivity contribution in [3.8, 4) is 17.2 Å². The van der Waals surface area contributed by atoms with E-state index in [0.29, 0.717) is 11.6 Å². The largest absolute Gasteiger partial charge is 0.489 e. The Morgan fingerprint density at radius 3 is 2.75 bits per heavy atom. The summed E-state index contributed by atoms with van der Waals surface area (Å²) in [6.07, 6.45) is 0. The van der Waals surface area contributed by atoms with Crippen molar-refractivity contribution in [2.24, 2.45) is 0 Å². The van der Waals surface area contributed by atoms with Crippen molar-refractivity contribution in [3.63, 3.8) is 0 Å². The lowest BCUT2D eigenvalue weighted by molar-refractivity contribution is 0.174. The molecule has 5 heteroatoms. The van der Waals surface area contributed by atoms with Gasteiger partial charge in [0.05, 0.1) is 11.7 Å². The highest BCUT2D eigenvalue weighted by Crippen LogP contribution is 2.39. The van der Waals surface area contributed by atoms with Gasteiger partial charge in [0.25, 0.3) is 0 Å². The molecule has 2 aliphatic heterocycles. The first-order valence-electron chi connectivity index (χ1n) is 6.38. The summed E-state index contributed by atoms with van der Waals surface area (Å²) in [7, 11) is 0. The van der Waals surface area contributed by atoms with Crippen LogP contribution < -0.4 is 19.5 Å². The Morgan fingerprint density at radius 2 is 1.80 bits per heavy atom. The van der Waals surface area contributed by atoms with Gasteiger partial charge in [-0.2, -0.15) is 0 Å². The van der Waals surface area contributed by atoms with Gasteiger partial charge >= 0.3 is 0 Å². The fourth-order valence-corrected chi connectivity index (χ4v) is 2.62. The Labute approximate surface area is 121 Å². The summed E-state index contributed by atoms with van der Waals surface area (Å²) < 4.78 is 16.5. The first kappa shape index (κ1) is 11.7. The molecule has 0 fully saturated rings. The molecule has 0 bridgehead atoms. The third kappa shape index (κ3) is 1.93. The fourth-order valence-electron chi connectivity index (χ4n) is 2.45. The van der Waals surface area contributed by atoms with E-state index in [-0.39, 0.29) is 12.8 Å². The molecule has 2 aromatic rings. The van der Waals surface area contributed by atoms with Gasteiger partial charge in [0.15, 0.2) is 11.5 Å². The van der Waals surface area contributed by atoms with Crippen molar-refractivity contribution in [2.75, 3.05) is 18.7 Å². The zero-order chi connectivity index (χ0) is 13.5. The second-order valence-electron chi connectivity index (χ2n) is 4.76. The highest BCUT2D eigenvalue weighted by molar-refractivity contribution is 6.30. The zero-order valence-electron chi connectivity index (χ0n) is 10.6. The number of fused-ring (bicyclic) bond motifs is 2. The minimum absolute atomic E-state index is 0.0652. The molecular formula is C15H12ClNO3. The first-order valence-corrected chi connectivity index (χ1v) is 6.76. The predicted octanol–water partition coefficient (Wildman–Crippen LogP) is 3.61. The zero-order valence-corrected chi connectivity index (χ0v) is 11.3. The molecule has 20 heavy (non-hydrogen) atoms. The number of ether oxygens (including phenoxy) is 3. The van der Waals surface area contributed by atoms with Gasteiger partial charge in [0.1, 0.15) is 12.4 Å². The summed E-state index contributed by atoms with van der Waals surface area (Å²) in [6, 6.07) is 11.6. The molecule has 0 aliphatic carbocycles. The smallest absolute Gasteiger partial charge is 0.231 e. The average Bonchev–Trinajstić information content (AvgIpc) is 2.93. The number of anilines is 1. The lowest BCUT2D eigenvalue weighted by Crippen LogP contribution is -2.23. The molecule has 4 nitrogen and oxygen atoms in total. The molecule has 0 saturated carbocycles. The number of benzene rings is 2. The van der Waals surface area contributed by atoms with Crippen LogP contribution in [0.5, 0.6) is 17.2 Å². The summed E-state index contributed by atoms with van der Waals surface area (Å²) in [5, 5.41) is 4.13. The Balaban J connectivity index is 1.64. The van der Waals surface area contributed by atoms with Crippen LogP contribution >= 0.6 is 11.6 Å². The number of hydrogen-bond donors (Lipinski definition) is 1. The Kier molecular flexibility index (Phi) is 2.63. The van der Waals surface area contributed by atoms with E-state index in [1.54, 1.807) is 0 Å². The summed E-state index contributed by atoms with van der Waals surface area (Å²) in [5.74, 6) is 2.39. The monoisotopic (exact) mass is 289 g/mol. The van der Waals surface area contributed by atoms with Gasteiger partial charge in [-0.1, -0.05) is 17.7 Å². The summed E-state index contributed by atoms with van der Waals surface area (Å²) in [6.45, 7) is 0.847. The predicted molar refractivity (Wildman–Crippen MR) is 75.9 cm³/mol. The van der Waals surface area contributed by atoms with E-state index in [1.165, 1.54) is 0 Å². The molecule has 2 aliphatic rings. The molecule has 0 spiro atoms. The van der Waals surface area contributed by atoms with Crippen LogP contribution in [0.3, 0.4) is 0 Å². The molecule has 0 saturated heterocycles. The van der Waals surface area contributed by atoms with Gasteiger partial charge in [-0.3, -0.25) is 0 Å². The van der Waals surface area contributed by atoms with Crippen molar-refractivity contribution >= 4 is 17.3 Å². The number of halogens is 1. The van der Waals surface area contributed by atoms with Crippen molar-refractivity contribution in [1.29, 1.82) is 0 Å². The maximum Gasteiger partial charge on any atom is 0.231 e. The van der Waals surface area contributed by atoms with Gasteiger partial charge in [-0.05, 0) is 35.9 Å². The van der Waals surface area contributed by atoms with Crippen LogP contribution in [0.2, 0.25) is 5.02 Å². The van der Waals surface area contributed by atoms with Crippen LogP contribution in [0.15, 0.2) is 36.4 Å². The number of rotatable bonds is 1. The molecule has 1 N–H and O–H groups in total. The first-order chi connectivity index (χ1) is 9.79. The van der Waals surface area contributed by atoms with E-state index < -0.39 is 0 Å². The van der Waals surface area contributed by atoms with E-state index in [0.717, 1.165) is 28.5 Å². The third-order valence-corrected chi connectivity index (χ3v) is 3.71. The maximum atomic E-state index is 6.02. The molecule has 0 radical (unpaired) electrons. The van der Waals surface area contributed by atoms with E-state index in [2.05, 4.69) is 5.32 Å². The Bertz CT molecular complexity index is 674. The van der Waals surface area contributed by atoms with Gasteiger partial charge in [0.2, 0.25) is 6.79 Å². The molecular weight excluding hydrogens is 278 g/mol. The highest BCUT2D eigenvalue weighted by atomic mass is 35.5. The minimum atomic E-state index is 0.0652. The summed E-state index contributed by atoms with van der Waals surface area (Å²) in [4.78, 5) is 0. The molecule has 2 heterocycles. The highest BCUT2D eigenvalue weighted by Gasteiger charge is 2.23. The molecule has 2 aromatic carbocycles. The van der Waals surface area contributed by atoms with Gasteiger partial charge in [0, 0.05) is 5.02 Å². The van der Waals surface area contributed by atoms with Crippen LogP contribution in [0.1, 0.15) is 11.6 Å². The number of hydrogen-bond acceptors (Lipinski definition) is 4. The topological polar surface area (TPSA) is 39.7 Å². The van der Waals surface area contributed by atoms with Crippen molar-refractivity contribution < 1.29 is 14.2 Å². The van der Waals surface area contributed by atoms with Crippen molar-refractivity contribution in [1.82, 2.24) is 0 Å². The second kappa shape index (κ2) is 4.49. The van der Waals surface area contributed by atoms with Crippen molar-refractivity contribution in [2.45, 2.75) is 6.04 Å². The van der Waals surface area contributed by atoms with Crippen LogP contribution in [0, 0.1) is 0 Å². The van der Waals surface area contributed by atoms with Crippen LogP contribution in [-0.2, 0) is 0 Å². The quantitative estimate of drug-likeness (QED) is 0.870. The molecule has 4 rings (SSSR count). The van der Waals surface area contributed by atoms with Crippen molar-refractivity contribution in [3.05, 3.63) is 47.0 Å². The lowest BCUT2D eigenvalue weighted by atomic mass is 10.0. The van der Waals surface area contributed by atoms with Crippen LogP contribution in [0.25, 0.3) is 0 Å². The van der Waals surface area contributed by atoms with Gasteiger partial charge < -0.3 is 19.5 Å². The SMILES string of the molecule is Clc1ccc2c(c1)N[C@H](c1ccc3c(c1)OCO3)CO2. The Morgan fingerprint density at radius 1 is 0.950 bits per heavy atom. The third-order valence-electron chi connectivity index (χ3n) is 3.48. The second-order valence-corrected chi connectivity index (χ2v) is 5.20. The molecule has 0 unspecified atom stereocenters. The summed E-state index contributed by atoms with van der Waals surface area (Å²) in [5.41, 5.74) is 2.01. The van der Waals surface area contributed by atoms with E-state index in [1.807, 2.05) is 36.4 Å². The molecule has 1 atom stereocenters. The standard InChI is InChI=1S/C15H12ClNO3/c16-10-2-4-13-11(6-10)17-12(7-18-13)9-1-3-14-15(5-9)20-8-19-14/h1-6,12,17H,7-8H2/t12-/m0/s1. The molecule has 0 aromatic heterocycles.